The molecular weight excluding hydrogens is 306 g/mol. The van der Waals surface area contributed by atoms with E-state index in [2.05, 4.69) is 34.7 Å². The number of guanidine groups is 1. The van der Waals surface area contributed by atoms with Gasteiger partial charge in [-0.25, -0.2) is 0 Å². The van der Waals surface area contributed by atoms with E-state index in [0.29, 0.717) is 31.6 Å². The minimum atomic E-state index is -0.236. The van der Waals surface area contributed by atoms with E-state index in [0.717, 1.165) is 6.54 Å². The summed E-state index contributed by atoms with van der Waals surface area (Å²) < 4.78 is 10.4. The smallest absolute Gasteiger partial charge is 0.310 e. The van der Waals surface area contributed by atoms with Crippen LogP contribution in [-0.4, -0.2) is 45.8 Å². The van der Waals surface area contributed by atoms with Crippen LogP contribution in [0.15, 0.2) is 35.3 Å². The van der Waals surface area contributed by atoms with Crippen molar-refractivity contribution in [1.82, 2.24) is 10.6 Å². The van der Waals surface area contributed by atoms with Gasteiger partial charge in [-0.1, -0.05) is 44.2 Å². The topological polar surface area (TPSA) is 72.0 Å². The summed E-state index contributed by atoms with van der Waals surface area (Å²) in [5.41, 5.74) is 1.17. The molecular formula is C18H29N3O3. The number of carbonyl (C=O) groups excluding carboxylic acids is 1. The highest BCUT2D eigenvalue weighted by Gasteiger charge is 2.13. The second-order valence-corrected chi connectivity index (χ2v) is 5.86. The number of ether oxygens (including phenoxy) is 2. The van der Waals surface area contributed by atoms with Gasteiger partial charge in [0.1, 0.15) is 0 Å². The Balaban J connectivity index is 2.21. The van der Waals surface area contributed by atoms with Crippen molar-refractivity contribution in [1.29, 1.82) is 0 Å². The summed E-state index contributed by atoms with van der Waals surface area (Å²) in [6, 6.07) is 10.1. The SMILES string of the molecule is CN=C(NCC(C)COCc1ccccc1)NCC(C)C(=O)OC. The molecule has 0 aliphatic heterocycles. The first-order valence-electron chi connectivity index (χ1n) is 8.20. The Hall–Kier alpha value is -2.08. The lowest BCUT2D eigenvalue weighted by atomic mass is 10.2. The number of nitrogens with one attached hydrogen (secondary N) is 2. The van der Waals surface area contributed by atoms with Crippen LogP contribution in [0.25, 0.3) is 0 Å². The van der Waals surface area contributed by atoms with Gasteiger partial charge in [-0.05, 0) is 11.5 Å². The molecule has 1 aromatic rings. The standard InChI is InChI=1S/C18H29N3O3/c1-14(12-24-13-16-8-6-5-7-9-16)10-20-18(19-3)21-11-15(2)17(22)23-4/h5-9,14-15H,10-13H2,1-4H3,(H2,19,20,21). The van der Waals surface area contributed by atoms with E-state index in [4.69, 9.17) is 9.47 Å². The van der Waals surface area contributed by atoms with E-state index in [-0.39, 0.29) is 11.9 Å². The predicted molar refractivity (Wildman–Crippen MR) is 95.8 cm³/mol. The van der Waals surface area contributed by atoms with Gasteiger partial charge in [0, 0.05) is 20.1 Å². The Bertz CT molecular complexity index is 505. The van der Waals surface area contributed by atoms with E-state index in [1.807, 2.05) is 25.1 Å². The Kier molecular flexibility index (Phi) is 9.53. The van der Waals surface area contributed by atoms with E-state index in [1.165, 1.54) is 12.7 Å². The zero-order valence-corrected chi connectivity index (χ0v) is 15.0. The quantitative estimate of drug-likeness (QED) is 0.409. The molecule has 0 aliphatic rings. The Morgan fingerprint density at radius 3 is 2.46 bits per heavy atom. The third-order valence-electron chi connectivity index (χ3n) is 3.53. The van der Waals surface area contributed by atoms with Gasteiger partial charge in [0.2, 0.25) is 0 Å². The van der Waals surface area contributed by atoms with Crippen molar-refractivity contribution in [3.8, 4) is 0 Å². The highest BCUT2D eigenvalue weighted by atomic mass is 16.5. The summed E-state index contributed by atoms with van der Waals surface area (Å²) in [5.74, 6) is 0.548. The van der Waals surface area contributed by atoms with E-state index in [1.54, 1.807) is 7.05 Å². The summed E-state index contributed by atoms with van der Waals surface area (Å²) in [5, 5.41) is 6.36. The van der Waals surface area contributed by atoms with Gasteiger partial charge >= 0.3 is 5.97 Å². The van der Waals surface area contributed by atoms with Crippen molar-refractivity contribution in [2.75, 3.05) is 33.9 Å². The third kappa shape index (κ3) is 7.97. The lowest BCUT2D eigenvalue weighted by molar-refractivity contribution is -0.144. The molecule has 0 spiro atoms. The minimum absolute atomic E-state index is 0.222. The molecule has 0 aromatic heterocycles. The average molecular weight is 335 g/mol. The van der Waals surface area contributed by atoms with Crippen LogP contribution in [0.4, 0.5) is 0 Å². The molecule has 0 aliphatic carbocycles. The van der Waals surface area contributed by atoms with Crippen molar-refractivity contribution in [2.45, 2.75) is 20.5 Å². The van der Waals surface area contributed by atoms with Gasteiger partial charge in [0.15, 0.2) is 5.96 Å². The lowest BCUT2D eigenvalue weighted by Gasteiger charge is -2.17. The number of esters is 1. The van der Waals surface area contributed by atoms with Crippen LogP contribution in [0.5, 0.6) is 0 Å². The van der Waals surface area contributed by atoms with Gasteiger partial charge in [-0.3, -0.25) is 9.79 Å². The maximum atomic E-state index is 11.4. The molecule has 6 heteroatoms. The Morgan fingerprint density at radius 1 is 1.17 bits per heavy atom. The fraction of sp³-hybridized carbons (Fsp3) is 0.556. The monoisotopic (exact) mass is 335 g/mol. The van der Waals surface area contributed by atoms with Crippen LogP contribution in [0.1, 0.15) is 19.4 Å². The molecule has 0 saturated heterocycles. The molecule has 1 aromatic carbocycles. The van der Waals surface area contributed by atoms with Gasteiger partial charge in [0.05, 0.1) is 26.2 Å². The minimum Gasteiger partial charge on any atom is -0.469 e. The molecule has 0 amide bonds. The molecule has 24 heavy (non-hydrogen) atoms. The fourth-order valence-corrected chi connectivity index (χ4v) is 2.04. The molecule has 0 bridgehead atoms. The molecule has 0 saturated carbocycles. The van der Waals surface area contributed by atoms with Gasteiger partial charge in [-0.15, -0.1) is 0 Å². The van der Waals surface area contributed by atoms with E-state index in [9.17, 15) is 4.79 Å². The Morgan fingerprint density at radius 2 is 1.83 bits per heavy atom. The van der Waals surface area contributed by atoms with Crippen LogP contribution in [0, 0.1) is 11.8 Å². The molecule has 2 atom stereocenters. The van der Waals surface area contributed by atoms with E-state index >= 15 is 0 Å². The second-order valence-electron chi connectivity index (χ2n) is 5.86. The number of nitrogens with zero attached hydrogens (tertiary/aromatic N) is 1. The van der Waals surface area contributed by atoms with Crippen LogP contribution >= 0.6 is 0 Å². The average Bonchev–Trinajstić information content (AvgIpc) is 2.61. The zero-order valence-electron chi connectivity index (χ0n) is 15.0. The zero-order chi connectivity index (χ0) is 17.8. The van der Waals surface area contributed by atoms with Gasteiger partial charge in [0.25, 0.3) is 0 Å². The fourth-order valence-electron chi connectivity index (χ4n) is 2.04. The van der Waals surface area contributed by atoms with E-state index < -0.39 is 0 Å². The number of methoxy groups -OCH3 is 1. The number of benzene rings is 1. The first-order valence-corrected chi connectivity index (χ1v) is 8.20. The molecule has 0 radical (unpaired) electrons. The number of rotatable bonds is 9. The first kappa shape index (κ1) is 20.0. The molecule has 0 fully saturated rings. The third-order valence-corrected chi connectivity index (χ3v) is 3.53. The summed E-state index contributed by atoms with van der Waals surface area (Å²) in [6.07, 6.45) is 0. The van der Waals surface area contributed by atoms with Crippen molar-refractivity contribution < 1.29 is 14.3 Å². The molecule has 2 unspecified atom stereocenters. The molecule has 2 N–H and O–H groups in total. The van der Waals surface area contributed by atoms with Crippen LogP contribution in [-0.2, 0) is 20.9 Å². The summed E-state index contributed by atoms with van der Waals surface area (Å²) in [7, 11) is 3.09. The van der Waals surface area contributed by atoms with Crippen molar-refractivity contribution in [3.63, 3.8) is 0 Å². The van der Waals surface area contributed by atoms with Crippen LogP contribution < -0.4 is 10.6 Å². The number of hydrogen-bond acceptors (Lipinski definition) is 4. The number of carbonyl (C=O) groups is 1. The molecule has 6 nitrogen and oxygen atoms in total. The molecule has 0 heterocycles. The van der Waals surface area contributed by atoms with Crippen molar-refractivity contribution in [2.24, 2.45) is 16.8 Å². The summed E-state index contributed by atoms with van der Waals surface area (Å²) in [6.45, 7) is 6.42. The highest BCUT2D eigenvalue weighted by Crippen LogP contribution is 2.03. The lowest BCUT2D eigenvalue weighted by Crippen LogP contribution is -2.42. The number of aliphatic imine (C=N–C) groups is 1. The number of hydrogen-bond donors (Lipinski definition) is 2. The maximum Gasteiger partial charge on any atom is 0.310 e. The summed E-state index contributed by atoms with van der Waals surface area (Å²) in [4.78, 5) is 15.5. The molecule has 1 rings (SSSR count). The second kappa shape index (κ2) is 11.5. The largest absolute Gasteiger partial charge is 0.469 e. The maximum absolute atomic E-state index is 11.4. The predicted octanol–water partition coefficient (Wildman–Crippen LogP) is 1.81. The van der Waals surface area contributed by atoms with Crippen LogP contribution in [0.3, 0.4) is 0 Å². The van der Waals surface area contributed by atoms with Crippen LogP contribution in [0.2, 0.25) is 0 Å². The normalized spacial score (nSPS) is 13.9. The Labute approximate surface area is 144 Å². The van der Waals surface area contributed by atoms with Gasteiger partial charge < -0.3 is 20.1 Å². The summed E-state index contributed by atoms with van der Waals surface area (Å²) >= 11 is 0. The first-order chi connectivity index (χ1) is 11.6. The molecule has 134 valence electrons. The highest BCUT2D eigenvalue weighted by molar-refractivity contribution is 5.80. The van der Waals surface area contributed by atoms with Gasteiger partial charge in [-0.2, -0.15) is 0 Å². The van der Waals surface area contributed by atoms with Crippen molar-refractivity contribution >= 4 is 11.9 Å². The van der Waals surface area contributed by atoms with Crippen molar-refractivity contribution in [3.05, 3.63) is 35.9 Å².